The quantitative estimate of drug-likeness (QED) is 0.765. The molecule has 4 nitrogen and oxygen atoms in total. The lowest BCUT2D eigenvalue weighted by molar-refractivity contribution is -0.127. The summed E-state index contributed by atoms with van der Waals surface area (Å²) in [5.74, 6) is -0.400. The molecule has 0 unspecified atom stereocenters. The summed E-state index contributed by atoms with van der Waals surface area (Å²) < 4.78 is 0. The Bertz CT molecular complexity index is 387. The number of thiol groups is 1. The fraction of sp³-hybridized carbons (Fsp3) is 0.273. The Labute approximate surface area is 100 Å². The molecule has 0 spiro atoms. The number of carbonyl (C=O) groups is 2. The Morgan fingerprint density at radius 1 is 1.25 bits per heavy atom. The van der Waals surface area contributed by atoms with Crippen LogP contribution in [0.2, 0.25) is 0 Å². The van der Waals surface area contributed by atoms with E-state index in [1.54, 1.807) is 38.4 Å². The van der Waals surface area contributed by atoms with Crippen molar-refractivity contribution in [3.63, 3.8) is 0 Å². The second-order valence-corrected chi connectivity index (χ2v) is 4.03. The fourth-order valence-corrected chi connectivity index (χ4v) is 1.18. The Balaban J connectivity index is 2.53. The van der Waals surface area contributed by atoms with Crippen molar-refractivity contribution in [3.05, 3.63) is 29.8 Å². The van der Waals surface area contributed by atoms with Gasteiger partial charge in [-0.25, -0.2) is 0 Å². The van der Waals surface area contributed by atoms with E-state index in [0.29, 0.717) is 5.56 Å². The van der Waals surface area contributed by atoms with Crippen molar-refractivity contribution < 1.29 is 9.59 Å². The molecule has 0 radical (unpaired) electrons. The summed E-state index contributed by atoms with van der Waals surface area (Å²) in [5.41, 5.74) is 0.518. The standard InChI is InChI=1S/C11H14N2O2S/c1-13(2)10(14)7-12-11(15)8-3-5-9(16)6-4-8/h3-6,16H,7H2,1-2H3,(H,12,15). The van der Waals surface area contributed by atoms with E-state index in [0.717, 1.165) is 4.90 Å². The summed E-state index contributed by atoms with van der Waals surface area (Å²) in [6, 6.07) is 6.78. The number of hydrogen-bond donors (Lipinski definition) is 2. The van der Waals surface area contributed by atoms with Crippen LogP contribution in [0.3, 0.4) is 0 Å². The lowest BCUT2D eigenvalue weighted by Gasteiger charge is -2.10. The van der Waals surface area contributed by atoms with Crippen LogP contribution in [0.1, 0.15) is 10.4 Å². The number of benzene rings is 1. The van der Waals surface area contributed by atoms with Gasteiger partial charge >= 0.3 is 0 Å². The summed E-state index contributed by atoms with van der Waals surface area (Å²) in [7, 11) is 3.29. The highest BCUT2D eigenvalue weighted by molar-refractivity contribution is 7.80. The van der Waals surface area contributed by atoms with E-state index in [1.807, 2.05) is 0 Å². The van der Waals surface area contributed by atoms with E-state index in [4.69, 9.17) is 0 Å². The number of nitrogens with one attached hydrogen (secondary N) is 1. The van der Waals surface area contributed by atoms with Gasteiger partial charge in [0.15, 0.2) is 0 Å². The van der Waals surface area contributed by atoms with Crippen LogP contribution in [0, 0.1) is 0 Å². The first-order valence-electron chi connectivity index (χ1n) is 4.78. The molecule has 0 saturated heterocycles. The second kappa shape index (κ2) is 5.55. The molecule has 0 bridgehead atoms. The van der Waals surface area contributed by atoms with Crippen LogP contribution in [0.4, 0.5) is 0 Å². The smallest absolute Gasteiger partial charge is 0.251 e. The third-order valence-corrected chi connectivity index (χ3v) is 2.33. The molecule has 86 valence electrons. The molecule has 1 N–H and O–H groups in total. The molecule has 1 aromatic rings. The molecule has 0 aliphatic heterocycles. The minimum atomic E-state index is -0.261. The minimum absolute atomic E-state index is 0.00839. The average molecular weight is 238 g/mol. The normalized spacial score (nSPS) is 9.69. The number of hydrogen-bond acceptors (Lipinski definition) is 3. The molecule has 16 heavy (non-hydrogen) atoms. The van der Waals surface area contributed by atoms with Gasteiger partial charge < -0.3 is 10.2 Å². The molecular weight excluding hydrogens is 224 g/mol. The van der Waals surface area contributed by atoms with Crippen LogP contribution in [-0.4, -0.2) is 37.4 Å². The van der Waals surface area contributed by atoms with E-state index >= 15 is 0 Å². The summed E-state index contributed by atoms with van der Waals surface area (Å²) >= 11 is 4.12. The van der Waals surface area contributed by atoms with Crippen LogP contribution in [-0.2, 0) is 4.79 Å². The van der Waals surface area contributed by atoms with Gasteiger partial charge in [0.2, 0.25) is 5.91 Å². The number of nitrogens with zero attached hydrogens (tertiary/aromatic N) is 1. The highest BCUT2D eigenvalue weighted by Crippen LogP contribution is 2.07. The van der Waals surface area contributed by atoms with E-state index < -0.39 is 0 Å². The first-order chi connectivity index (χ1) is 7.50. The van der Waals surface area contributed by atoms with Crippen LogP contribution in [0.25, 0.3) is 0 Å². The van der Waals surface area contributed by atoms with Crippen LogP contribution in [0.15, 0.2) is 29.2 Å². The number of rotatable bonds is 3. The Morgan fingerprint density at radius 2 is 1.81 bits per heavy atom. The zero-order valence-corrected chi connectivity index (χ0v) is 10.1. The van der Waals surface area contributed by atoms with Gasteiger partial charge in [-0.05, 0) is 24.3 Å². The zero-order chi connectivity index (χ0) is 12.1. The number of amides is 2. The highest BCUT2D eigenvalue weighted by atomic mass is 32.1. The molecule has 0 aromatic heterocycles. The molecule has 0 aliphatic rings. The Morgan fingerprint density at radius 3 is 2.31 bits per heavy atom. The fourth-order valence-electron chi connectivity index (χ4n) is 1.03. The van der Waals surface area contributed by atoms with Crippen LogP contribution < -0.4 is 5.32 Å². The summed E-state index contributed by atoms with van der Waals surface area (Å²) in [5, 5.41) is 2.54. The molecular formula is C11H14N2O2S. The highest BCUT2D eigenvalue weighted by Gasteiger charge is 2.08. The monoisotopic (exact) mass is 238 g/mol. The average Bonchev–Trinajstić information content (AvgIpc) is 2.26. The van der Waals surface area contributed by atoms with Gasteiger partial charge in [0.1, 0.15) is 0 Å². The predicted molar refractivity (Wildman–Crippen MR) is 64.7 cm³/mol. The molecule has 1 rings (SSSR count). The molecule has 0 aliphatic carbocycles. The minimum Gasteiger partial charge on any atom is -0.347 e. The number of likely N-dealkylation sites (N-methyl/N-ethyl adjacent to an activating group) is 1. The summed E-state index contributed by atoms with van der Waals surface area (Å²) in [6.07, 6.45) is 0. The van der Waals surface area contributed by atoms with Gasteiger partial charge in [0.25, 0.3) is 5.91 Å². The molecule has 0 heterocycles. The topological polar surface area (TPSA) is 49.4 Å². The maximum absolute atomic E-state index is 11.6. The van der Waals surface area contributed by atoms with E-state index in [1.165, 1.54) is 4.90 Å². The van der Waals surface area contributed by atoms with Crippen molar-refractivity contribution in [3.8, 4) is 0 Å². The Hall–Kier alpha value is -1.49. The van der Waals surface area contributed by atoms with Gasteiger partial charge in [-0.2, -0.15) is 0 Å². The van der Waals surface area contributed by atoms with Crippen LogP contribution >= 0.6 is 12.6 Å². The maximum atomic E-state index is 11.6. The summed E-state index contributed by atoms with van der Waals surface area (Å²) in [6.45, 7) is 0.00839. The molecule has 2 amide bonds. The van der Waals surface area contributed by atoms with Gasteiger partial charge in [0, 0.05) is 24.6 Å². The van der Waals surface area contributed by atoms with Gasteiger partial charge in [-0.15, -0.1) is 12.6 Å². The SMILES string of the molecule is CN(C)C(=O)CNC(=O)c1ccc(S)cc1. The molecule has 0 atom stereocenters. The lowest BCUT2D eigenvalue weighted by Crippen LogP contribution is -2.36. The van der Waals surface area contributed by atoms with Crippen molar-refractivity contribution in [2.24, 2.45) is 0 Å². The summed E-state index contributed by atoms with van der Waals surface area (Å²) in [4.78, 5) is 25.0. The van der Waals surface area contributed by atoms with Gasteiger partial charge in [0.05, 0.1) is 6.54 Å². The molecule has 0 saturated carbocycles. The molecule has 5 heteroatoms. The lowest BCUT2D eigenvalue weighted by atomic mass is 10.2. The van der Waals surface area contributed by atoms with E-state index in [-0.39, 0.29) is 18.4 Å². The Kier molecular flexibility index (Phi) is 4.37. The van der Waals surface area contributed by atoms with E-state index in [9.17, 15) is 9.59 Å². The van der Waals surface area contributed by atoms with Crippen molar-refractivity contribution in [1.82, 2.24) is 10.2 Å². The molecule has 1 aromatic carbocycles. The first kappa shape index (κ1) is 12.6. The predicted octanol–water partition coefficient (Wildman–Crippen LogP) is 0.793. The number of carbonyl (C=O) groups excluding carboxylic acids is 2. The van der Waals surface area contributed by atoms with Crippen molar-refractivity contribution in [1.29, 1.82) is 0 Å². The maximum Gasteiger partial charge on any atom is 0.251 e. The second-order valence-electron chi connectivity index (χ2n) is 3.52. The van der Waals surface area contributed by atoms with Crippen molar-refractivity contribution >= 4 is 24.4 Å². The van der Waals surface area contributed by atoms with Crippen LogP contribution in [0.5, 0.6) is 0 Å². The van der Waals surface area contributed by atoms with Gasteiger partial charge in [-0.3, -0.25) is 9.59 Å². The van der Waals surface area contributed by atoms with E-state index in [2.05, 4.69) is 17.9 Å². The van der Waals surface area contributed by atoms with Crippen molar-refractivity contribution in [2.45, 2.75) is 4.90 Å². The largest absolute Gasteiger partial charge is 0.347 e. The third-order valence-electron chi connectivity index (χ3n) is 2.03. The van der Waals surface area contributed by atoms with Gasteiger partial charge in [-0.1, -0.05) is 0 Å². The third kappa shape index (κ3) is 3.58. The van der Waals surface area contributed by atoms with Crippen molar-refractivity contribution in [2.75, 3.05) is 20.6 Å². The first-order valence-corrected chi connectivity index (χ1v) is 5.23. The zero-order valence-electron chi connectivity index (χ0n) is 9.23. The molecule has 0 fully saturated rings.